The molecule has 2 nitrogen and oxygen atoms in total. The lowest BCUT2D eigenvalue weighted by Gasteiger charge is -2.27. The van der Waals surface area contributed by atoms with Crippen LogP contribution in [0.15, 0.2) is 59.5 Å². The molecule has 0 saturated heterocycles. The highest BCUT2D eigenvalue weighted by Gasteiger charge is 2.31. The number of benzene rings is 2. The molecule has 2 aromatic carbocycles. The van der Waals surface area contributed by atoms with Crippen LogP contribution < -0.4 is 5.32 Å². The van der Waals surface area contributed by atoms with Gasteiger partial charge < -0.3 is 0 Å². The Morgan fingerprint density at radius 2 is 1.81 bits per heavy atom. The van der Waals surface area contributed by atoms with Crippen molar-refractivity contribution in [3.8, 4) is 6.07 Å². The molecular weight excluding hydrogens is 300 g/mol. The standard InChI is InChI=1S/C17H17ClN2S/c1-2-20-17(12-19,14-6-4-3-5-7-14)13-21-16-10-8-15(18)9-11-16/h3-11,20H,2,13H2,1H3. The lowest BCUT2D eigenvalue weighted by molar-refractivity contribution is 0.490. The first-order chi connectivity index (χ1) is 10.2. The molecule has 0 aliphatic rings. The minimum absolute atomic E-state index is 0.642. The molecule has 4 heteroatoms. The number of thioether (sulfide) groups is 1. The molecule has 1 unspecified atom stereocenters. The summed E-state index contributed by atoms with van der Waals surface area (Å²) in [5.74, 6) is 0.642. The van der Waals surface area contributed by atoms with Crippen LogP contribution in [0.2, 0.25) is 5.02 Å². The van der Waals surface area contributed by atoms with Crippen molar-refractivity contribution < 1.29 is 0 Å². The highest BCUT2D eigenvalue weighted by molar-refractivity contribution is 7.99. The summed E-state index contributed by atoms with van der Waals surface area (Å²) < 4.78 is 0. The SMILES string of the molecule is CCNC(C#N)(CSc1ccc(Cl)cc1)c1ccccc1. The zero-order chi connectivity index (χ0) is 15.1. The topological polar surface area (TPSA) is 35.8 Å². The van der Waals surface area contributed by atoms with E-state index in [9.17, 15) is 5.26 Å². The molecule has 1 atom stereocenters. The van der Waals surface area contributed by atoms with Gasteiger partial charge in [-0.2, -0.15) is 5.26 Å². The van der Waals surface area contributed by atoms with E-state index in [1.807, 2.05) is 61.5 Å². The third-order valence-corrected chi connectivity index (χ3v) is 4.64. The molecule has 2 rings (SSSR count). The van der Waals surface area contributed by atoms with Crippen molar-refractivity contribution in [2.24, 2.45) is 0 Å². The third-order valence-electron chi connectivity index (χ3n) is 3.20. The van der Waals surface area contributed by atoms with Crippen LogP contribution in [0, 0.1) is 11.3 Å². The first-order valence-electron chi connectivity index (χ1n) is 6.80. The van der Waals surface area contributed by atoms with E-state index in [2.05, 4.69) is 11.4 Å². The van der Waals surface area contributed by atoms with Gasteiger partial charge in [0.15, 0.2) is 0 Å². The number of halogens is 1. The van der Waals surface area contributed by atoms with Gasteiger partial charge in [0.2, 0.25) is 0 Å². The molecule has 0 aliphatic carbocycles. The van der Waals surface area contributed by atoms with E-state index in [1.165, 1.54) is 0 Å². The van der Waals surface area contributed by atoms with Gasteiger partial charge in [0.05, 0.1) is 6.07 Å². The molecule has 0 spiro atoms. The van der Waals surface area contributed by atoms with Crippen LogP contribution in [-0.2, 0) is 5.54 Å². The van der Waals surface area contributed by atoms with Gasteiger partial charge in [-0.25, -0.2) is 0 Å². The first-order valence-corrected chi connectivity index (χ1v) is 8.17. The van der Waals surface area contributed by atoms with Crippen molar-refractivity contribution >= 4 is 23.4 Å². The second kappa shape index (κ2) is 7.51. The van der Waals surface area contributed by atoms with Crippen LogP contribution >= 0.6 is 23.4 Å². The molecule has 21 heavy (non-hydrogen) atoms. The molecule has 0 heterocycles. The Balaban J connectivity index is 2.21. The maximum Gasteiger partial charge on any atom is 0.141 e. The molecule has 0 fully saturated rings. The molecule has 0 amide bonds. The van der Waals surface area contributed by atoms with E-state index in [1.54, 1.807) is 11.8 Å². The second-order valence-electron chi connectivity index (χ2n) is 4.66. The minimum Gasteiger partial charge on any atom is -0.295 e. The van der Waals surface area contributed by atoms with E-state index in [0.29, 0.717) is 5.75 Å². The number of hydrogen-bond acceptors (Lipinski definition) is 3. The van der Waals surface area contributed by atoms with Crippen LogP contribution in [-0.4, -0.2) is 12.3 Å². The monoisotopic (exact) mass is 316 g/mol. The van der Waals surface area contributed by atoms with Gasteiger partial charge in [0.1, 0.15) is 5.54 Å². The van der Waals surface area contributed by atoms with E-state index in [-0.39, 0.29) is 0 Å². The van der Waals surface area contributed by atoms with E-state index in [0.717, 1.165) is 22.0 Å². The molecular formula is C17H17ClN2S. The van der Waals surface area contributed by atoms with Crippen molar-refractivity contribution in [3.05, 3.63) is 65.2 Å². The fourth-order valence-corrected chi connectivity index (χ4v) is 3.29. The molecule has 0 saturated carbocycles. The molecule has 0 radical (unpaired) electrons. The number of nitrogens with zero attached hydrogens (tertiary/aromatic N) is 1. The lowest BCUT2D eigenvalue weighted by Crippen LogP contribution is -2.43. The van der Waals surface area contributed by atoms with Crippen molar-refractivity contribution in [2.45, 2.75) is 17.4 Å². The predicted molar refractivity (Wildman–Crippen MR) is 89.6 cm³/mol. The number of hydrogen-bond donors (Lipinski definition) is 1. The summed E-state index contributed by atoms with van der Waals surface area (Å²) in [6, 6.07) is 20.0. The second-order valence-corrected chi connectivity index (χ2v) is 6.14. The summed E-state index contributed by atoms with van der Waals surface area (Å²) in [5.41, 5.74) is 0.316. The van der Waals surface area contributed by atoms with Crippen molar-refractivity contribution in [2.75, 3.05) is 12.3 Å². The van der Waals surface area contributed by atoms with Crippen LogP contribution in [0.1, 0.15) is 12.5 Å². The molecule has 0 aliphatic heterocycles. The van der Waals surface area contributed by atoms with Gasteiger partial charge in [-0.1, -0.05) is 48.9 Å². The Labute approximate surface area is 135 Å². The van der Waals surface area contributed by atoms with Gasteiger partial charge in [0.25, 0.3) is 0 Å². The molecule has 0 aromatic heterocycles. The third kappa shape index (κ3) is 4.01. The fourth-order valence-electron chi connectivity index (χ4n) is 2.12. The van der Waals surface area contributed by atoms with Gasteiger partial charge in [-0.05, 0) is 36.4 Å². The zero-order valence-corrected chi connectivity index (χ0v) is 13.4. The summed E-state index contributed by atoms with van der Waals surface area (Å²) >= 11 is 7.55. The number of rotatable bonds is 6. The van der Waals surface area contributed by atoms with Crippen LogP contribution in [0.5, 0.6) is 0 Å². The average Bonchev–Trinajstić information content (AvgIpc) is 2.54. The smallest absolute Gasteiger partial charge is 0.141 e. The van der Waals surface area contributed by atoms with E-state index in [4.69, 9.17) is 11.6 Å². The Morgan fingerprint density at radius 3 is 2.38 bits per heavy atom. The van der Waals surface area contributed by atoms with Crippen LogP contribution in [0.3, 0.4) is 0 Å². The highest BCUT2D eigenvalue weighted by Crippen LogP contribution is 2.30. The van der Waals surface area contributed by atoms with Crippen LogP contribution in [0.25, 0.3) is 0 Å². The predicted octanol–water partition coefficient (Wildman–Crippen LogP) is 4.46. The summed E-state index contributed by atoms with van der Waals surface area (Å²) in [5, 5.41) is 13.8. The van der Waals surface area contributed by atoms with E-state index >= 15 is 0 Å². The summed E-state index contributed by atoms with van der Waals surface area (Å²) in [6.45, 7) is 2.76. The Hall–Kier alpha value is -1.47. The van der Waals surface area contributed by atoms with E-state index < -0.39 is 5.54 Å². The summed E-state index contributed by atoms with van der Waals surface area (Å²) in [7, 11) is 0. The fraction of sp³-hybridized carbons (Fsp3) is 0.235. The van der Waals surface area contributed by atoms with Gasteiger partial charge in [0, 0.05) is 15.7 Å². The quantitative estimate of drug-likeness (QED) is 0.799. The zero-order valence-electron chi connectivity index (χ0n) is 11.8. The molecule has 2 aromatic rings. The van der Waals surface area contributed by atoms with Crippen LogP contribution in [0.4, 0.5) is 0 Å². The van der Waals surface area contributed by atoms with Gasteiger partial charge >= 0.3 is 0 Å². The Kier molecular flexibility index (Phi) is 5.69. The lowest BCUT2D eigenvalue weighted by atomic mass is 9.93. The largest absolute Gasteiger partial charge is 0.295 e. The first kappa shape index (κ1) is 15.9. The average molecular weight is 317 g/mol. The summed E-state index contributed by atoms with van der Waals surface area (Å²) in [6.07, 6.45) is 0. The number of nitriles is 1. The minimum atomic E-state index is -0.680. The molecule has 108 valence electrons. The van der Waals surface area contributed by atoms with Crippen molar-refractivity contribution in [3.63, 3.8) is 0 Å². The van der Waals surface area contributed by atoms with Gasteiger partial charge in [-0.3, -0.25) is 5.32 Å². The summed E-state index contributed by atoms with van der Waals surface area (Å²) in [4.78, 5) is 1.10. The maximum absolute atomic E-state index is 9.74. The maximum atomic E-state index is 9.74. The highest BCUT2D eigenvalue weighted by atomic mass is 35.5. The molecule has 0 bridgehead atoms. The Bertz CT molecular complexity index is 607. The van der Waals surface area contributed by atoms with Gasteiger partial charge in [-0.15, -0.1) is 11.8 Å². The van der Waals surface area contributed by atoms with Crippen molar-refractivity contribution in [1.82, 2.24) is 5.32 Å². The number of nitrogens with one attached hydrogen (secondary N) is 1. The Morgan fingerprint density at radius 1 is 1.14 bits per heavy atom. The molecule has 1 N–H and O–H groups in total. The van der Waals surface area contributed by atoms with Crippen molar-refractivity contribution in [1.29, 1.82) is 5.26 Å². The normalized spacial score (nSPS) is 13.4.